The van der Waals surface area contributed by atoms with Gasteiger partial charge in [-0.2, -0.15) is 0 Å². The highest BCUT2D eigenvalue weighted by Crippen LogP contribution is 2.22. The minimum absolute atomic E-state index is 0.0893. The fourth-order valence-corrected chi connectivity index (χ4v) is 2.86. The van der Waals surface area contributed by atoms with E-state index >= 15 is 0 Å². The van der Waals surface area contributed by atoms with Gasteiger partial charge < -0.3 is 16.2 Å². The number of nitrogens with zero attached hydrogens (tertiary/aromatic N) is 3. The van der Waals surface area contributed by atoms with Crippen molar-refractivity contribution in [1.82, 2.24) is 14.4 Å². The van der Waals surface area contributed by atoms with Crippen molar-refractivity contribution < 1.29 is 4.74 Å². The van der Waals surface area contributed by atoms with Gasteiger partial charge in [0.2, 0.25) is 5.78 Å². The van der Waals surface area contributed by atoms with Gasteiger partial charge in [0.1, 0.15) is 0 Å². The molecule has 2 aromatic heterocycles. The SMILES string of the molecule is CC(C)(C)c1cn2cc(-c3ccc(COCCCN=C(N)N)cc3)c(=O)[nH]c2n1. The van der Waals surface area contributed by atoms with Crippen LogP contribution in [-0.4, -0.2) is 33.5 Å². The fourth-order valence-electron chi connectivity index (χ4n) is 2.86. The summed E-state index contributed by atoms with van der Waals surface area (Å²) in [7, 11) is 0. The molecule has 8 heteroatoms. The molecule has 154 valence electrons. The summed E-state index contributed by atoms with van der Waals surface area (Å²) in [5.74, 6) is 0.647. The van der Waals surface area contributed by atoms with E-state index in [1.807, 2.05) is 41.1 Å². The molecule has 0 saturated heterocycles. The number of aromatic nitrogens is 3. The summed E-state index contributed by atoms with van der Waals surface area (Å²) < 4.78 is 7.50. The van der Waals surface area contributed by atoms with Crippen molar-refractivity contribution in [3.05, 3.63) is 58.3 Å². The number of guanidine groups is 1. The number of H-pyrrole nitrogens is 1. The Morgan fingerprint density at radius 2 is 1.93 bits per heavy atom. The lowest BCUT2D eigenvalue weighted by molar-refractivity contribution is 0.120. The second kappa shape index (κ2) is 8.48. The third-order valence-electron chi connectivity index (χ3n) is 4.51. The largest absolute Gasteiger partial charge is 0.377 e. The Kier molecular flexibility index (Phi) is 6.03. The highest BCUT2D eigenvalue weighted by Gasteiger charge is 2.18. The summed E-state index contributed by atoms with van der Waals surface area (Å²) in [6.07, 6.45) is 4.54. The van der Waals surface area contributed by atoms with Gasteiger partial charge in [0, 0.05) is 31.0 Å². The van der Waals surface area contributed by atoms with Gasteiger partial charge in [0.15, 0.2) is 5.96 Å². The van der Waals surface area contributed by atoms with Gasteiger partial charge in [0.25, 0.3) is 5.56 Å². The monoisotopic (exact) mass is 396 g/mol. The Morgan fingerprint density at radius 3 is 2.59 bits per heavy atom. The van der Waals surface area contributed by atoms with E-state index in [1.54, 1.807) is 0 Å². The van der Waals surface area contributed by atoms with E-state index < -0.39 is 0 Å². The minimum Gasteiger partial charge on any atom is -0.377 e. The van der Waals surface area contributed by atoms with Crippen molar-refractivity contribution in [3.8, 4) is 11.1 Å². The van der Waals surface area contributed by atoms with E-state index in [4.69, 9.17) is 16.2 Å². The zero-order valence-electron chi connectivity index (χ0n) is 17.1. The number of hydrogen-bond acceptors (Lipinski definition) is 4. The van der Waals surface area contributed by atoms with Gasteiger partial charge in [-0.1, -0.05) is 45.0 Å². The standard InChI is InChI=1S/C21H28N6O2/c1-21(2,3)17-12-27-11-16(18(28)26-20(27)25-17)15-7-5-14(6-8-15)13-29-10-4-9-24-19(22)23/h5-8,11-12H,4,9-10,13H2,1-3H3,(H4,22,23,24)(H,25,26,28). The lowest BCUT2D eigenvalue weighted by Gasteiger charge is -2.13. The van der Waals surface area contributed by atoms with Crippen LogP contribution in [0.15, 0.2) is 46.4 Å². The number of nitrogens with two attached hydrogens (primary N) is 2. The maximum Gasteiger partial charge on any atom is 0.260 e. The lowest BCUT2D eigenvalue weighted by Crippen LogP contribution is -2.23. The third-order valence-corrected chi connectivity index (χ3v) is 4.51. The van der Waals surface area contributed by atoms with Crippen molar-refractivity contribution >= 4 is 11.7 Å². The molecule has 29 heavy (non-hydrogen) atoms. The summed E-state index contributed by atoms with van der Waals surface area (Å²) in [6, 6.07) is 7.78. The summed E-state index contributed by atoms with van der Waals surface area (Å²) >= 11 is 0. The molecule has 0 radical (unpaired) electrons. The molecule has 0 atom stereocenters. The van der Waals surface area contributed by atoms with Crippen LogP contribution >= 0.6 is 0 Å². The van der Waals surface area contributed by atoms with Crippen LogP contribution in [-0.2, 0) is 16.8 Å². The van der Waals surface area contributed by atoms with E-state index in [-0.39, 0.29) is 16.9 Å². The van der Waals surface area contributed by atoms with Crippen molar-refractivity contribution in [2.24, 2.45) is 16.5 Å². The second-order valence-electron chi connectivity index (χ2n) is 8.01. The molecule has 3 rings (SSSR count). The Labute approximate surface area is 169 Å². The molecule has 2 heterocycles. The third kappa shape index (κ3) is 5.23. The van der Waals surface area contributed by atoms with Crippen LogP contribution in [0.5, 0.6) is 0 Å². The average molecular weight is 396 g/mol. The fraction of sp³-hybridized carbons (Fsp3) is 0.381. The van der Waals surface area contributed by atoms with E-state index in [1.165, 1.54) is 0 Å². The van der Waals surface area contributed by atoms with Crippen LogP contribution in [0.3, 0.4) is 0 Å². The second-order valence-corrected chi connectivity index (χ2v) is 8.01. The summed E-state index contributed by atoms with van der Waals surface area (Å²) in [6.45, 7) is 7.90. The predicted octanol–water partition coefficient (Wildman–Crippen LogP) is 2.17. The molecular weight excluding hydrogens is 368 g/mol. The van der Waals surface area contributed by atoms with Crippen LogP contribution in [0.1, 0.15) is 38.4 Å². The molecule has 0 aliphatic rings. The van der Waals surface area contributed by atoms with Crippen LogP contribution in [0.2, 0.25) is 0 Å². The van der Waals surface area contributed by atoms with Gasteiger partial charge in [-0.05, 0) is 17.5 Å². The molecule has 8 nitrogen and oxygen atoms in total. The Bertz CT molecular complexity index is 1050. The average Bonchev–Trinajstić information content (AvgIpc) is 3.07. The lowest BCUT2D eigenvalue weighted by atomic mass is 9.93. The van der Waals surface area contributed by atoms with Crippen molar-refractivity contribution in [2.75, 3.05) is 13.2 Å². The summed E-state index contributed by atoms with van der Waals surface area (Å²) in [5, 5.41) is 0. The van der Waals surface area contributed by atoms with E-state index in [9.17, 15) is 4.79 Å². The number of hydrogen-bond donors (Lipinski definition) is 3. The molecule has 0 amide bonds. The van der Waals surface area contributed by atoms with E-state index in [0.29, 0.717) is 31.1 Å². The summed E-state index contributed by atoms with van der Waals surface area (Å²) in [4.78, 5) is 23.8. The quantitative estimate of drug-likeness (QED) is 0.321. The van der Waals surface area contributed by atoms with E-state index in [2.05, 4.69) is 35.7 Å². The van der Waals surface area contributed by atoms with E-state index in [0.717, 1.165) is 23.2 Å². The van der Waals surface area contributed by atoms with Crippen LogP contribution in [0.4, 0.5) is 0 Å². The number of rotatable bonds is 7. The number of aromatic amines is 1. The first-order valence-corrected chi connectivity index (χ1v) is 9.59. The minimum atomic E-state index is -0.160. The molecule has 0 bridgehead atoms. The van der Waals surface area contributed by atoms with Crippen molar-refractivity contribution in [1.29, 1.82) is 0 Å². The van der Waals surface area contributed by atoms with Gasteiger partial charge >= 0.3 is 0 Å². The van der Waals surface area contributed by atoms with Gasteiger partial charge in [-0.15, -0.1) is 0 Å². The normalized spacial score (nSPS) is 11.7. The molecule has 0 unspecified atom stereocenters. The number of aliphatic imine (C=N–C) groups is 1. The van der Waals surface area contributed by atoms with Gasteiger partial charge in [-0.25, -0.2) is 4.98 Å². The highest BCUT2D eigenvalue weighted by molar-refractivity contribution is 5.75. The first-order valence-electron chi connectivity index (χ1n) is 9.59. The maximum absolute atomic E-state index is 12.5. The number of nitrogens with one attached hydrogen (secondary N) is 1. The van der Waals surface area contributed by atoms with Crippen LogP contribution in [0.25, 0.3) is 16.9 Å². The first-order chi connectivity index (χ1) is 13.7. The zero-order valence-corrected chi connectivity index (χ0v) is 17.1. The van der Waals surface area contributed by atoms with Gasteiger partial charge in [0.05, 0.1) is 17.9 Å². The maximum atomic E-state index is 12.5. The Balaban J connectivity index is 1.69. The highest BCUT2D eigenvalue weighted by atomic mass is 16.5. The smallest absolute Gasteiger partial charge is 0.260 e. The van der Waals surface area contributed by atoms with Crippen molar-refractivity contribution in [3.63, 3.8) is 0 Å². The number of ether oxygens (including phenoxy) is 1. The topological polar surface area (TPSA) is 124 Å². The molecule has 0 aliphatic carbocycles. The van der Waals surface area contributed by atoms with Gasteiger partial charge in [-0.3, -0.25) is 19.2 Å². The number of benzene rings is 1. The first kappa shape index (κ1) is 20.6. The molecular formula is C21H28N6O2. The number of fused-ring (bicyclic) bond motifs is 1. The molecule has 0 fully saturated rings. The predicted molar refractivity (Wildman–Crippen MR) is 115 cm³/mol. The number of imidazole rings is 1. The Hall–Kier alpha value is -3.13. The van der Waals surface area contributed by atoms with Crippen LogP contribution in [0, 0.1) is 0 Å². The Morgan fingerprint density at radius 1 is 1.21 bits per heavy atom. The van der Waals surface area contributed by atoms with Crippen LogP contribution < -0.4 is 17.0 Å². The molecule has 0 saturated carbocycles. The molecule has 0 aliphatic heterocycles. The molecule has 5 N–H and O–H groups in total. The summed E-state index contributed by atoms with van der Waals surface area (Å²) in [5.41, 5.74) is 13.7. The molecule has 1 aromatic carbocycles. The molecule has 3 aromatic rings. The zero-order chi connectivity index (χ0) is 21.0. The molecule has 0 spiro atoms. The van der Waals surface area contributed by atoms with Crippen molar-refractivity contribution in [2.45, 2.75) is 39.2 Å².